The van der Waals surface area contributed by atoms with E-state index in [0.29, 0.717) is 17.7 Å². The van der Waals surface area contributed by atoms with Crippen LogP contribution < -0.4 is 5.73 Å². The third kappa shape index (κ3) is 2.80. The molecular weight excluding hydrogens is 267 g/mol. The molecule has 1 aromatic rings. The first-order chi connectivity index (χ1) is 8.87. The summed E-state index contributed by atoms with van der Waals surface area (Å²) in [5, 5.41) is 0. The lowest BCUT2D eigenvalue weighted by atomic mass is 10.1. The van der Waals surface area contributed by atoms with Crippen molar-refractivity contribution >= 4 is 10.0 Å². The van der Waals surface area contributed by atoms with Gasteiger partial charge in [0.1, 0.15) is 5.82 Å². The van der Waals surface area contributed by atoms with Crippen molar-refractivity contribution in [3.63, 3.8) is 0 Å². The van der Waals surface area contributed by atoms with Gasteiger partial charge < -0.3 is 5.73 Å². The number of hydrogen-bond acceptors (Lipinski definition) is 3. The van der Waals surface area contributed by atoms with Crippen molar-refractivity contribution in [3.05, 3.63) is 29.1 Å². The first kappa shape index (κ1) is 14.4. The Labute approximate surface area is 113 Å². The van der Waals surface area contributed by atoms with Crippen LogP contribution in [0.2, 0.25) is 0 Å². The molecule has 4 nitrogen and oxygen atoms in total. The van der Waals surface area contributed by atoms with Crippen molar-refractivity contribution in [2.75, 3.05) is 13.1 Å². The summed E-state index contributed by atoms with van der Waals surface area (Å²) in [4.78, 5) is 0.217. The average Bonchev–Trinajstić information content (AvgIpc) is 3.07. The summed E-state index contributed by atoms with van der Waals surface area (Å²) in [6, 6.07) is 2.57. The maximum Gasteiger partial charge on any atom is 0.243 e. The summed E-state index contributed by atoms with van der Waals surface area (Å²) in [5.74, 6) is -0.411. The molecule has 6 heteroatoms. The van der Waals surface area contributed by atoms with E-state index in [9.17, 15) is 12.8 Å². The van der Waals surface area contributed by atoms with Gasteiger partial charge >= 0.3 is 0 Å². The second-order valence-corrected chi connectivity index (χ2v) is 6.83. The smallest absolute Gasteiger partial charge is 0.243 e. The van der Waals surface area contributed by atoms with Gasteiger partial charge in [0.15, 0.2) is 0 Å². The second kappa shape index (κ2) is 5.19. The van der Waals surface area contributed by atoms with Gasteiger partial charge in [0.25, 0.3) is 0 Å². The Balaban J connectivity index is 2.49. The number of sulfonamides is 1. The molecule has 1 fully saturated rings. The summed E-state index contributed by atoms with van der Waals surface area (Å²) in [7, 11) is -3.59. The summed E-state index contributed by atoms with van der Waals surface area (Å²) < 4.78 is 40.2. The van der Waals surface area contributed by atoms with Crippen LogP contribution in [-0.4, -0.2) is 31.9 Å². The van der Waals surface area contributed by atoms with Crippen LogP contribution in [0.15, 0.2) is 17.0 Å². The van der Waals surface area contributed by atoms with Crippen LogP contribution in [0.1, 0.15) is 24.0 Å². The van der Waals surface area contributed by atoms with Crippen LogP contribution in [0, 0.1) is 19.7 Å². The average molecular weight is 286 g/mol. The van der Waals surface area contributed by atoms with E-state index in [4.69, 9.17) is 5.73 Å². The predicted octanol–water partition coefficient (Wildman–Crippen LogP) is 1.55. The topological polar surface area (TPSA) is 63.4 Å². The fourth-order valence-electron chi connectivity index (χ4n) is 2.41. The van der Waals surface area contributed by atoms with Gasteiger partial charge in [-0.1, -0.05) is 0 Å². The van der Waals surface area contributed by atoms with Crippen molar-refractivity contribution in [2.24, 2.45) is 5.73 Å². The summed E-state index contributed by atoms with van der Waals surface area (Å²) in [6.07, 6.45) is 1.75. The van der Waals surface area contributed by atoms with Crippen molar-refractivity contribution in [2.45, 2.75) is 37.6 Å². The number of nitrogens with two attached hydrogens (primary N) is 1. The van der Waals surface area contributed by atoms with Gasteiger partial charge in [0.05, 0.1) is 4.90 Å². The molecule has 0 heterocycles. The quantitative estimate of drug-likeness (QED) is 0.893. The minimum Gasteiger partial charge on any atom is -0.329 e. The predicted molar refractivity (Wildman–Crippen MR) is 71.8 cm³/mol. The first-order valence-corrected chi connectivity index (χ1v) is 7.80. The first-order valence-electron chi connectivity index (χ1n) is 6.36. The number of halogens is 1. The molecule has 0 saturated heterocycles. The largest absolute Gasteiger partial charge is 0.329 e. The van der Waals surface area contributed by atoms with E-state index in [0.717, 1.165) is 12.8 Å². The number of nitrogens with zero attached hydrogens (tertiary/aromatic N) is 1. The number of hydrogen-bond donors (Lipinski definition) is 1. The summed E-state index contributed by atoms with van der Waals surface area (Å²) in [5.41, 5.74) is 6.39. The fourth-order valence-corrected chi connectivity index (χ4v) is 4.53. The number of benzene rings is 1. The molecular formula is C13H19FN2O2S. The van der Waals surface area contributed by atoms with E-state index >= 15 is 0 Å². The van der Waals surface area contributed by atoms with Crippen LogP contribution >= 0.6 is 0 Å². The molecule has 1 aromatic carbocycles. The molecule has 1 aliphatic rings. The van der Waals surface area contributed by atoms with Crippen LogP contribution in [0.3, 0.4) is 0 Å². The minimum atomic E-state index is -3.59. The Bertz CT molecular complexity index is 559. The number of aryl methyl sites for hydroxylation is 2. The molecule has 2 rings (SSSR count). The number of rotatable bonds is 5. The molecule has 0 aliphatic heterocycles. The normalized spacial score (nSPS) is 16.1. The highest BCUT2D eigenvalue weighted by molar-refractivity contribution is 7.89. The van der Waals surface area contributed by atoms with Crippen LogP contribution in [-0.2, 0) is 10.0 Å². The van der Waals surface area contributed by atoms with E-state index in [-0.39, 0.29) is 17.5 Å². The van der Waals surface area contributed by atoms with E-state index in [1.54, 1.807) is 13.8 Å². The lowest BCUT2D eigenvalue weighted by Crippen LogP contribution is -2.37. The van der Waals surface area contributed by atoms with Gasteiger partial charge in [-0.3, -0.25) is 0 Å². The Kier molecular flexibility index (Phi) is 3.94. The molecule has 0 spiro atoms. The van der Waals surface area contributed by atoms with Crippen LogP contribution in [0.4, 0.5) is 4.39 Å². The van der Waals surface area contributed by atoms with Gasteiger partial charge in [-0.15, -0.1) is 0 Å². The molecule has 0 unspecified atom stereocenters. The molecule has 0 atom stereocenters. The maximum atomic E-state index is 13.3. The van der Waals surface area contributed by atoms with E-state index in [1.165, 1.54) is 16.4 Å². The Morgan fingerprint density at radius 2 is 1.84 bits per heavy atom. The molecule has 2 N–H and O–H groups in total. The lowest BCUT2D eigenvalue weighted by Gasteiger charge is -2.23. The van der Waals surface area contributed by atoms with E-state index < -0.39 is 15.8 Å². The van der Waals surface area contributed by atoms with Gasteiger partial charge in [-0.25, -0.2) is 12.8 Å². The standard InChI is InChI=1S/C13H19FN2O2S/c1-9-7-11(14)8-10(2)13(9)19(17,18)16(6-5-15)12-3-4-12/h7-8,12H,3-6,15H2,1-2H3. The molecule has 1 saturated carbocycles. The van der Waals surface area contributed by atoms with Crippen LogP contribution in [0.25, 0.3) is 0 Å². The third-order valence-corrected chi connectivity index (χ3v) is 5.55. The zero-order valence-corrected chi connectivity index (χ0v) is 12.0. The summed E-state index contributed by atoms with van der Waals surface area (Å²) >= 11 is 0. The summed E-state index contributed by atoms with van der Waals surface area (Å²) in [6.45, 7) is 3.84. The molecule has 0 amide bonds. The van der Waals surface area contributed by atoms with Gasteiger partial charge in [-0.05, 0) is 49.9 Å². The van der Waals surface area contributed by atoms with Crippen molar-refractivity contribution < 1.29 is 12.8 Å². The van der Waals surface area contributed by atoms with E-state index in [2.05, 4.69) is 0 Å². The molecule has 0 aromatic heterocycles. The monoisotopic (exact) mass is 286 g/mol. The maximum absolute atomic E-state index is 13.3. The minimum absolute atomic E-state index is 0.0532. The highest BCUT2D eigenvalue weighted by atomic mass is 32.2. The van der Waals surface area contributed by atoms with Gasteiger partial charge in [0.2, 0.25) is 10.0 Å². The van der Waals surface area contributed by atoms with Crippen LogP contribution in [0.5, 0.6) is 0 Å². The van der Waals surface area contributed by atoms with E-state index in [1.807, 2.05) is 0 Å². The third-order valence-electron chi connectivity index (χ3n) is 3.30. The van der Waals surface area contributed by atoms with Crippen molar-refractivity contribution in [1.82, 2.24) is 4.31 Å². The Morgan fingerprint density at radius 1 is 1.32 bits per heavy atom. The molecule has 1 aliphatic carbocycles. The van der Waals surface area contributed by atoms with Gasteiger partial charge in [-0.2, -0.15) is 4.31 Å². The lowest BCUT2D eigenvalue weighted by molar-refractivity contribution is 0.410. The Morgan fingerprint density at radius 3 is 2.26 bits per heavy atom. The zero-order chi connectivity index (χ0) is 14.2. The molecule has 0 bridgehead atoms. The van der Waals surface area contributed by atoms with Gasteiger partial charge in [0, 0.05) is 19.1 Å². The highest BCUT2D eigenvalue weighted by Crippen LogP contribution is 2.33. The van der Waals surface area contributed by atoms with Crippen molar-refractivity contribution in [1.29, 1.82) is 0 Å². The zero-order valence-electron chi connectivity index (χ0n) is 11.2. The fraction of sp³-hybridized carbons (Fsp3) is 0.538. The molecule has 106 valence electrons. The highest BCUT2D eigenvalue weighted by Gasteiger charge is 2.38. The molecule has 19 heavy (non-hydrogen) atoms. The SMILES string of the molecule is Cc1cc(F)cc(C)c1S(=O)(=O)N(CCN)C1CC1. The Hall–Kier alpha value is -0.980. The second-order valence-electron chi connectivity index (χ2n) is 5.00. The van der Waals surface area contributed by atoms with Crippen molar-refractivity contribution in [3.8, 4) is 0 Å². The molecule has 0 radical (unpaired) electrons.